The van der Waals surface area contributed by atoms with E-state index in [1.807, 2.05) is 48.7 Å². The van der Waals surface area contributed by atoms with Crippen LogP contribution in [-0.4, -0.2) is 17.1 Å². The number of nitrogens with zero attached hydrogens (tertiary/aromatic N) is 1. The lowest BCUT2D eigenvalue weighted by molar-refractivity contribution is 0.102. The molecule has 118 valence electrons. The Hall–Kier alpha value is -2.79. The molecule has 0 atom stereocenters. The number of thioether (sulfide) groups is 1. The van der Waals surface area contributed by atoms with Gasteiger partial charge in [0.25, 0.3) is 5.91 Å². The number of carbonyl (C=O) groups excluding carboxylic acids is 1. The van der Waals surface area contributed by atoms with Gasteiger partial charge in [-0.2, -0.15) is 0 Å². The molecule has 0 unspecified atom stereocenters. The molecule has 0 bridgehead atoms. The first kappa shape index (κ1) is 14.8. The number of anilines is 1. The van der Waals surface area contributed by atoms with Crippen molar-refractivity contribution in [3.8, 4) is 0 Å². The zero-order chi connectivity index (χ0) is 16.5. The molecule has 24 heavy (non-hydrogen) atoms. The van der Waals surface area contributed by atoms with Gasteiger partial charge in [0.15, 0.2) is 0 Å². The molecule has 0 aliphatic rings. The minimum absolute atomic E-state index is 0.167. The van der Waals surface area contributed by atoms with E-state index >= 15 is 0 Å². The summed E-state index contributed by atoms with van der Waals surface area (Å²) in [5.41, 5.74) is 2.95. The van der Waals surface area contributed by atoms with Crippen molar-refractivity contribution in [3.05, 3.63) is 66.4 Å². The van der Waals surface area contributed by atoms with E-state index in [2.05, 4.69) is 10.3 Å². The van der Waals surface area contributed by atoms with Crippen molar-refractivity contribution in [1.82, 2.24) is 4.98 Å². The lowest BCUT2D eigenvalue weighted by atomic mass is 10.1. The van der Waals surface area contributed by atoms with E-state index in [-0.39, 0.29) is 5.91 Å². The number of aromatic nitrogens is 1. The Morgan fingerprint density at radius 3 is 2.75 bits per heavy atom. The number of carbonyl (C=O) groups is 1. The van der Waals surface area contributed by atoms with Crippen molar-refractivity contribution in [2.24, 2.45) is 0 Å². The highest BCUT2D eigenvalue weighted by atomic mass is 32.2. The molecule has 0 saturated carbocycles. The van der Waals surface area contributed by atoms with Gasteiger partial charge in [0.05, 0.1) is 5.56 Å². The smallest absolute Gasteiger partial charge is 0.258 e. The van der Waals surface area contributed by atoms with Crippen LogP contribution in [0.4, 0.5) is 5.69 Å². The maximum absolute atomic E-state index is 12.5. The summed E-state index contributed by atoms with van der Waals surface area (Å²) in [4.78, 5) is 16.8. The normalized spacial score (nSPS) is 11.0. The van der Waals surface area contributed by atoms with Crippen LogP contribution in [0.15, 0.2) is 70.2 Å². The van der Waals surface area contributed by atoms with Crippen molar-refractivity contribution >= 4 is 45.3 Å². The van der Waals surface area contributed by atoms with E-state index in [1.165, 1.54) is 11.8 Å². The first-order chi connectivity index (χ1) is 11.8. The summed E-state index contributed by atoms with van der Waals surface area (Å²) in [6.45, 7) is 0. The summed E-state index contributed by atoms with van der Waals surface area (Å²) in [7, 11) is 0. The number of fused-ring (bicyclic) bond motifs is 3. The highest BCUT2D eigenvalue weighted by Gasteiger charge is 2.13. The maximum atomic E-state index is 12.5. The third kappa shape index (κ3) is 2.53. The number of hydrogen-bond acceptors (Lipinski definition) is 4. The molecule has 2 aromatic heterocycles. The van der Waals surface area contributed by atoms with Crippen LogP contribution in [0, 0.1) is 0 Å². The van der Waals surface area contributed by atoms with Gasteiger partial charge in [0.2, 0.25) is 0 Å². The fourth-order valence-corrected chi connectivity index (χ4v) is 3.28. The predicted molar refractivity (Wildman–Crippen MR) is 97.7 cm³/mol. The van der Waals surface area contributed by atoms with Crippen LogP contribution in [0.2, 0.25) is 0 Å². The van der Waals surface area contributed by atoms with Gasteiger partial charge in [0.1, 0.15) is 16.2 Å². The van der Waals surface area contributed by atoms with Crippen LogP contribution in [0.1, 0.15) is 10.4 Å². The second-order valence-electron chi connectivity index (χ2n) is 5.32. The van der Waals surface area contributed by atoms with Crippen LogP contribution in [0.25, 0.3) is 21.9 Å². The fourth-order valence-electron chi connectivity index (χ4n) is 2.73. The molecule has 4 nitrogen and oxygen atoms in total. The van der Waals surface area contributed by atoms with Gasteiger partial charge >= 0.3 is 0 Å². The van der Waals surface area contributed by atoms with Crippen LogP contribution in [0.3, 0.4) is 0 Å². The summed E-state index contributed by atoms with van der Waals surface area (Å²) in [5.74, 6) is -0.167. The Bertz CT molecular complexity index is 1060. The van der Waals surface area contributed by atoms with Gasteiger partial charge in [-0.15, -0.1) is 11.8 Å². The number of amides is 1. The molecular formula is C19H14N2O2S. The molecule has 0 aliphatic heterocycles. The number of benzene rings is 2. The van der Waals surface area contributed by atoms with E-state index in [0.717, 1.165) is 27.6 Å². The molecule has 0 fully saturated rings. The summed E-state index contributed by atoms with van der Waals surface area (Å²) >= 11 is 1.45. The minimum Gasteiger partial charge on any atom is -0.456 e. The maximum Gasteiger partial charge on any atom is 0.258 e. The second-order valence-corrected chi connectivity index (χ2v) is 6.12. The number of para-hydroxylation sites is 1. The molecule has 0 radical (unpaired) electrons. The summed E-state index contributed by atoms with van der Waals surface area (Å²) in [5, 5.41) is 5.68. The number of rotatable bonds is 3. The van der Waals surface area contributed by atoms with Crippen molar-refractivity contribution in [1.29, 1.82) is 0 Å². The van der Waals surface area contributed by atoms with Crippen molar-refractivity contribution in [2.75, 3.05) is 11.6 Å². The number of furan rings is 1. The standard InChI is InChI=1S/C19H14N2O2S/c1-24-19-14(6-4-10-20-19)18(22)21-12-8-9-17-15(11-12)13-5-2-3-7-16(13)23-17/h2-11H,1H3,(H,21,22). The zero-order valence-corrected chi connectivity index (χ0v) is 13.8. The van der Waals surface area contributed by atoms with Crippen LogP contribution < -0.4 is 5.32 Å². The molecule has 4 rings (SSSR count). The highest BCUT2D eigenvalue weighted by Crippen LogP contribution is 2.30. The first-order valence-corrected chi connectivity index (χ1v) is 8.70. The highest BCUT2D eigenvalue weighted by molar-refractivity contribution is 7.98. The van der Waals surface area contributed by atoms with Crippen LogP contribution in [-0.2, 0) is 0 Å². The summed E-state index contributed by atoms with van der Waals surface area (Å²) in [6, 6.07) is 17.1. The van der Waals surface area contributed by atoms with E-state index in [9.17, 15) is 4.79 Å². The molecule has 2 aromatic carbocycles. The molecule has 0 saturated heterocycles. The van der Waals surface area contributed by atoms with Gasteiger partial charge in [-0.05, 0) is 42.7 Å². The molecule has 2 heterocycles. The third-order valence-electron chi connectivity index (χ3n) is 3.84. The summed E-state index contributed by atoms with van der Waals surface area (Å²) < 4.78 is 5.81. The summed E-state index contributed by atoms with van der Waals surface area (Å²) in [6.07, 6.45) is 3.59. The minimum atomic E-state index is -0.167. The van der Waals surface area contributed by atoms with Gasteiger partial charge < -0.3 is 9.73 Å². The SMILES string of the molecule is CSc1ncccc1C(=O)Nc1ccc2oc3ccccc3c2c1. The molecule has 1 N–H and O–H groups in total. The zero-order valence-electron chi connectivity index (χ0n) is 12.9. The molecule has 0 spiro atoms. The first-order valence-electron chi connectivity index (χ1n) is 7.48. The topological polar surface area (TPSA) is 55.1 Å². The van der Waals surface area contributed by atoms with Crippen molar-refractivity contribution in [3.63, 3.8) is 0 Å². The lowest BCUT2D eigenvalue weighted by Crippen LogP contribution is -2.13. The fraction of sp³-hybridized carbons (Fsp3) is 0.0526. The third-order valence-corrected chi connectivity index (χ3v) is 4.56. The predicted octanol–water partition coefficient (Wildman–Crippen LogP) is 4.96. The molecule has 1 amide bonds. The molecular weight excluding hydrogens is 320 g/mol. The van der Waals surface area contributed by atoms with E-state index in [1.54, 1.807) is 18.3 Å². The van der Waals surface area contributed by atoms with Crippen molar-refractivity contribution < 1.29 is 9.21 Å². The Balaban J connectivity index is 1.71. The van der Waals surface area contributed by atoms with Gasteiger partial charge in [-0.1, -0.05) is 18.2 Å². The van der Waals surface area contributed by atoms with Gasteiger partial charge in [-0.25, -0.2) is 4.98 Å². The Morgan fingerprint density at radius 2 is 1.88 bits per heavy atom. The average Bonchev–Trinajstić information content (AvgIpc) is 2.99. The monoisotopic (exact) mass is 334 g/mol. The lowest BCUT2D eigenvalue weighted by Gasteiger charge is -2.07. The van der Waals surface area contributed by atoms with E-state index < -0.39 is 0 Å². The van der Waals surface area contributed by atoms with E-state index in [4.69, 9.17) is 4.42 Å². The Kier molecular flexibility index (Phi) is 3.70. The van der Waals surface area contributed by atoms with E-state index in [0.29, 0.717) is 10.6 Å². The number of nitrogens with one attached hydrogen (secondary N) is 1. The second kappa shape index (κ2) is 6.02. The van der Waals surface area contributed by atoms with Crippen LogP contribution in [0.5, 0.6) is 0 Å². The largest absolute Gasteiger partial charge is 0.456 e. The van der Waals surface area contributed by atoms with Crippen LogP contribution >= 0.6 is 11.8 Å². The van der Waals surface area contributed by atoms with Crippen molar-refractivity contribution in [2.45, 2.75) is 5.03 Å². The molecule has 4 aromatic rings. The number of pyridine rings is 1. The molecule has 5 heteroatoms. The van der Waals surface area contributed by atoms with Gasteiger partial charge in [0, 0.05) is 22.7 Å². The quantitative estimate of drug-likeness (QED) is 0.538. The Labute approximate surface area is 142 Å². The molecule has 0 aliphatic carbocycles. The number of hydrogen-bond donors (Lipinski definition) is 1. The van der Waals surface area contributed by atoms with Gasteiger partial charge in [-0.3, -0.25) is 4.79 Å². The Morgan fingerprint density at radius 1 is 1.04 bits per heavy atom. The average molecular weight is 334 g/mol.